The van der Waals surface area contributed by atoms with Gasteiger partial charge in [0.2, 0.25) is 5.91 Å². The van der Waals surface area contributed by atoms with Crippen LogP contribution in [0.4, 0.5) is 5.82 Å². The van der Waals surface area contributed by atoms with Gasteiger partial charge in [0.1, 0.15) is 41.2 Å². The van der Waals surface area contributed by atoms with Gasteiger partial charge in [0.05, 0.1) is 40.6 Å². The van der Waals surface area contributed by atoms with Gasteiger partial charge in [0, 0.05) is 44.5 Å². The summed E-state index contributed by atoms with van der Waals surface area (Å²) in [4.78, 5) is 41.4. The summed E-state index contributed by atoms with van der Waals surface area (Å²) in [5, 5.41) is 2.69. The molecular formula is C46H61N4O11PS. The van der Waals surface area contributed by atoms with E-state index in [0.29, 0.717) is 30.3 Å². The van der Waals surface area contributed by atoms with Gasteiger partial charge in [0.15, 0.2) is 11.3 Å². The SMILES string of the molecule is CCC(=O)SCCOCCOP(O[C@H]1[C@@H](OC)[C@H](n2ccc(NC(C)=O)nc2=O)O[C@@H]1COC(c1ccccc1)(c1ccc(OC)cc1)c1ccc(OC)cc1)N(C(C)C)C(C)C. The maximum absolute atomic E-state index is 13.7. The summed E-state index contributed by atoms with van der Waals surface area (Å²) in [7, 11) is 2.98. The van der Waals surface area contributed by atoms with Crippen LogP contribution in [0.1, 0.15) is 70.9 Å². The van der Waals surface area contributed by atoms with Gasteiger partial charge in [-0.2, -0.15) is 4.98 Å². The molecule has 1 aliphatic heterocycles. The number of thioether (sulfide) groups is 1. The molecule has 4 aromatic rings. The van der Waals surface area contributed by atoms with Gasteiger partial charge in [-0.1, -0.05) is 73.3 Å². The second-order valence-electron chi connectivity index (χ2n) is 15.2. The lowest BCUT2D eigenvalue weighted by Gasteiger charge is -2.39. The van der Waals surface area contributed by atoms with Gasteiger partial charge in [-0.15, -0.1) is 0 Å². The summed E-state index contributed by atoms with van der Waals surface area (Å²) in [5.74, 6) is 1.66. The molecule has 342 valence electrons. The number of amides is 1. The van der Waals surface area contributed by atoms with E-state index in [4.69, 9.17) is 37.5 Å². The molecule has 2 heterocycles. The van der Waals surface area contributed by atoms with E-state index in [0.717, 1.165) is 16.7 Å². The Morgan fingerprint density at radius 2 is 1.46 bits per heavy atom. The molecular weight excluding hydrogens is 848 g/mol. The Labute approximate surface area is 376 Å². The largest absolute Gasteiger partial charge is 0.497 e. The highest BCUT2D eigenvalue weighted by Gasteiger charge is 2.51. The van der Waals surface area contributed by atoms with Crippen molar-refractivity contribution in [1.82, 2.24) is 14.2 Å². The van der Waals surface area contributed by atoms with E-state index in [-0.39, 0.29) is 48.7 Å². The molecule has 1 fully saturated rings. The first kappa shape index (κ1) is 49.8. The lowest BCUT2D eigenvalue weighted by Crippen LogP contribution is -2.43. The molecule has 15 nitrogen and oxygen atoms in total. The lowest BCUT2D eigenvalue weighted by atomic mass is 9.80. The second-order valence-corrected chi connectivity index (χ2v) is 17.7. The third kappa shape index (κ3) is 12.7. The van der Waals surface area contributed by atoms with Crippen molar-refractivity contribution in [1.29, 1.82) is 0 Å². The van der Waals surface area contributed by atoms with Crippen LogP contribution in [-0.4, -0.2) is 109 Å². The molecule has 3 aromatic carbocycles. The van der Waals surface area contributed by atoms with Crippen molar-refractivity contribution in [3.8, 4) is 11.5 Å². The summed E-state index contributed by atoms with van der Waals surface area (Å²) in [5.41, 5.74) is 0.617. The zero-order valence-electron chi connectivity index (χ0n) is 37.6. The van der Waals surface area contributed by atoms with E-state index in [1.54, 1.807) is 14.2 Å². The molecule has 0 saturated carbocycles. The topological polar surface area (TPSA) is 158 Å². The lowest BCUT2D eigenvalue weighted by molar-refractivity contribution is -0.114. The smallest absolute Gasteiger partial charge is 0.351 e. The highest BCUT2D eigenvalue weighted by molar-refractivity contribution is 8.13. The number of nitrogens with zero attached hydrogens (tertiary/aromatic N) is 3. The van der Waals surface area contributed by atoms with Crippen LogP contribution < -0.4 is 20.5 Å². The van der Waals surface area contributed by atoms with E-state index in [1.165, 1.54) is 42.6 Å². The number of carbonyl (C=O) groups excluding carboxylic acids is 2. The van der Waals surface area contributed by atoms with Gasteiger partial charge in [-0.3, -0.25) is 14.2 Å². The summed E-state index contributed by atoms with van der Waals surface area (Å²) < 4.78 is 54.5. The van der Waals surface area contributed by atoms with Crippen LogP contribution in [0, 0.1) is 0 Å². The number of aromatic nitrogens is 2. The number of rotatable bonds is 24. The molecule has 17 heteroatoms. The molecule has 5 atom stereocenters. The predicted octanol–water partition coefficient (Wildman–Crippen LogP) is 7.57. The Bertz CT molecular complexity index is 2040. The van der Waals surface area contributed by atoms with Crippen LogP contribution in [0.2, 0.25) is 0 Å². The number of nitrogens with one attached hydrogen (secondary N) is 1. The number of anilines is 1. The van der Waals surface area contributed by atoms with E-state index < -0.39 is 44.4 Å². The van der Waals surface area contributed by atoms with E-state index in [9.17, 15) is 14.4 Å². The van der Waals surface area contributed by atoms with Crippen molar-refractivity contribution < 1.29 is 47.1 Å². The number of carbonyl (C=O) groups is 2. The number of hydrogen-bond donors (Lipinski definition) is 1. The molecule has 5 rings (SSSR count). The summed E-state index contributed by atoms with van der Waals surface area (Å²) >= 11 is 1.25. The van der Waals surface area contributed by atoms with E-state index in [1.807, 2.05) is 85.8 Å². The van der Waals surface area contributed by atoms with Crippen molar-refractivity contribution >= 4 is 37.1 Å². The first-order valence-corrected chi connectivity index (χ1v) is 23.1. The normalized spacial score (nSPS) is 18.2. The first-order chi connectivity index (χ1) is 30.4. The van der Waals surface area contributed by atoms with Crippen molar-refractivity contribution in [2.45, 2.75) is 90.2 Å². The molecule has 63 heavy (non-hydrogen) atoms. The average Bonchev–Trinajstić information content (AvgIpc) is 3.62. The molecule has 1 N–H and O–H groups in total. The van der Waals surface area contributed by atoms with Crippen molar-refractivity contribution in [2.75, 3.05) is 58.8 Å². The molecule has 1 aromatic heterocycles. The number of ether oxygens (including phenoxy) is 6. The van der Waals surface area contributed by atoms with Gasteiger partial charge >= 0.3 is 5.69 Å². The minimum Gasteiger partial charge on any atom is -0.497 e. The van der Waals surface area contributed by atoms with Crippen LogP contribution in [0.15, 0.2) is 95.9 Å². The fourth-order valence-corrected chi connectivity index (χ4v) is 9.79. The Morgan fingerprint density at radius 1 is 0.857 bits per heavy atom. The average molecular weight is 909 g/mol. The maximum Gasteiger partial charge on any atom is 0.351 e. The van der Waals surface area contributed by atoms with Crippen molar-refractivity contribution in [3.05, 3.63) is 118 Å². The molecule has 1 aliphatic rings. The van der Waals surface area contributed by atoms with Gasteiger partial charge < -0.3 is 42.8 Å². The second kappa shape index (κ2) is 24.2. The minimum atomic E-state index is -1.80. The van der Waals surface area contributed by atoms with Crippen LogP contribution in [0.3, 0.4) is 0 Å². The first-order valence-electron chi connectivity index (χ1n) is 21.0. The standard InChI is InChI=1S/C46H61N4O11PS/c1-10-41(52)63-29-28-57-26-27-59-62(50(31(2)3)32(4)5)61-42-39(60-44(43(42)56-9)49-25-24-40(47-33(6)51)48-45(49)53)30-58-46(34-14-12-11-13-15-34,35-16-20-37(54-7)21-17-35)36-18-22-38(55-8)23-19-36/h11-25,31-32,39,42-44H,10,26-30H2,1-9H3,(H,47,48,51,53)/t39-,42-,43-,44-,62?/m1/s1. The van der Waals surface area contributed by atoms with E-state index >= 15 is 0 Å². The highest BCUT2D eigenvalue weighted by Crippen LogP contribution is 2.51. The molecule has 1 amide bonds. The van der Waals surface area contributed by atoms with Crippen LogP contribution in [0.25, 0.3) is 0 Å². The van der Waals surface area contributed by atoms with Crippen molar-refractivity contribution in [2.24, 2.45) is 0 Å². The molecule has 0 spiro atoms. The van der Waals surface area contributed by atoms with Gasteiger partial charge in [-0.05, 0) is 74.7 Å². The van der Waals surface area contributed by atoms with Gasteiger partial charge in [-0.25, -0.2) is 9.46 Å². The zero-order valence-corrected chi connectivity index (χ0v) is 39.3. The maximum atomic E-state index is 13.7. The van der Waals surface area contributed by atoms with Gasteiger partial charge in [0.25, 0.3) is 8.53 Å². The summed E-state index contributed by atoms with van der Waals surface area (Å²) in [6, 6.07) is 26.9. The molecule has 0 aliphatic carbocycles. The Kier molecular flexibility index (Phi) is 19.1. The third-order valence-electron chi connectivity index (χ3n) is 10.3. The third-order valence-corrected chi connectivity index (χ3v) is 13.4. The fraction of sp³-hybridized carbons (Fsp3) is 0.478. The monoisotopic (exact) mass is 908 g/mol. The summed E-state index contributed by atoms with van der Waals surface area (Å²) in [6.07, 6.45) is -1.61. The molecule has 1 unspecified atom stereocenters. The minimum absolute atomic E-state index is 0.00585. The Morgan fingerprint density at radius 3 is 1.98 bits per heavy atom. The number of hydrogen-bond acceptors (Lipinski definition) is 14. The number of methoxy groups -OCH3 is 3. The van der Waals surface area contributed by atoms with Crippen LogP contribution in [-0.2, 0) is 43.2 Å². The van der Waals surface area contributed by atoms with Crippen LogP contribution in [0.5, 0.6) is 11.5 Å². The van der Waals surface area contributed by atoms with Crippen molar-refractivity contribution in [3.63, 3.8) is 0 Å². The Balaban J connectivity index is 1.58. The fourth-order valence-electron chi connectivity index (χ4n) is 7.40. The van der Waals surface area contributed by atoms with Crippen LogP contribution >= 0.6 is 20.3 Å². The quantitative estimate of drug-likeness (QED) is 0.0417. The summed E-state index contributed by atoms with van der Waals surface area (Å²) in [6.45, 7) is 12.3. The zero-order chi connectivity index (χ0) is 45.5. The molecule has 0 radical (unpaired) electrons. The molecule has 0 bridgehead atoms. The predicted molar refractivity (Wildman–Crippen MR) is 244 cm³/mol. The van der Waals surface area contributed by atoms with E-state index in [2.05, 4.69) is 42.7 Å². The highest BCUT2D eigenvalue weighted by atomic mass is 32.2. The molecule has 1 saturated heterocycles. The Hall–Kier alpha value is -4.22. The number of benzene rings is 3.